The third-order valence-electron chi connectivity index (χ3n) is 1.26. The van der Waals surface area contributed by atoms with Crippen LogP contribution in [-0.2, 0) is 9.98 Å². The molecule has 0 heterocycles. The van der Waals surface area contributed by atoms with E-state index < -0.39 is 0 Å². The maximum Gasteiger partial charge on any atom is 0.0635 e. The lowest BCUT2D eigenvalue weighted by Crippen LogP contribution is -2.06. The van der Waals surface area contributed by atoms with Crippen molar-refractivity contribution in [3.8, 4) is 0 Å². The van der Waals surface area contributed by atoms with E-state index in [2.05, 4.69) is 21.4 Å². The standard InChI is InChI=1S/C7H10N2O2/c1-6-2-4-7(5-3-6)9-11-10-8/h2-5,9H,8H2,1H3. The predicted molar refractivity (Wildman–Crippen MR) is 41.2 cm³/mol. The number of hydrogen-bond donors (Lipinski definition) is 2. The van der Waals surface area contributed by atoms with Crippen LogP contribution < -0.4 is 11.4 Å². The van der Waals surface area contributed by atoms with Gasteiger partial charge in [0.15, 0.2) is 0 Å². The van der Waals surface area contributed by atoms with Gasteiger partial charge in [-0.2, -0.15) is 5.90 Å². The molecule has 60 valence electrons. The molecule has 11 heavy (non-hydrogen) atoms. The van der Waals surface area contributed by atoms with Gasteiger partial charge in [0.1, 0.15) is 0 Å². The number of aryl methyl sites for hydroxylation is 1. The molecule has 0 bridgehead atoms. The number of benzene rings is 1. The Balaban J connectivity index is 2.52. The van der Waals surface area contributed by atoms with Gasteiger partial charge in [0.25, 0.3) is 0 Å². The zero-order chi connectivity index (χ0) is 8.10. The lowest BCUT2D eigenvalue weighted by atomic mass is 10.2. The highest BCUT2D eigenvalue weighted by atomic mass is 17.3. The van der Waals surface area contributed by atoms with E-state index in [4.69, 9.17) is 0 Å². The highest BCUT2D eigenvalue weighted by Gasteiger charge is 1.89. The molecule has 0 saturated heterocycles. The summed E-state index contributed by atoms with van der Waals surface area (Å²) in [6.45, 7) is 2.00. The van der Waals surface area contributed by atoms with Gasteiger partial charge in [-0.15, -0.1) is 4.99 Å². The molecule has 0 amide bonds. The Morgan fingerprint density at radius 1 is 1.27 bits per heavy atom. The van der Waals surface area contributed by atoms with Crippen LogP contribution in [0, 0.1) is 6.92 Å². The van der Waals surface area contributed by atoms with E-state index in [9.17, 15) is 0 Å². The molecule has 0 fully saturated rings. The van der Waals surface area contributed by atoms with Gasteiger partial charge in [-0.05, 0) is 19.1 Å². The Morgan fingerprint density at radius 3 is 2.45 bits per heavy atom. The average Bonchev–Trinajstić information content (AvgIpc) is 2.04. The van der Waals surface area contributed by atoms with Gasteiger partial charge in [0.2, 0.25) is 0 Å². The molecule has 1 rings (SSSR count). The zero-order valence-electron chi connectivity index (χ0n) is 6.20. The van der Waals surface area contributed by atoms with E-state index in [1.54, 1.807) is 0 Å². The third-order valence-corrected chi connectivity index (χ3v) is 1.26. The molecule has 1 aromatic carbocycles. The van der Waals surface area contributed by atoms with Gasteiger partial charge >= 0.3 is 0 Å². The average molecular weight is 154 g/mol. The zero-order valence-corrected chi connectivity index (χ0v) is 6.20. The van der Waals surface area contributed by atoms with Gasteiger partial charge in [0, 0.05) is 0 Å². The number of anilines is 1. The minimum atomic E-state index is 0.793. The smallest absolute Gasteiger partial charge is 0.0635 e. The first-order chi connectivity index (χ1) is 5.33. The Morgan fingerprint density at radius 2 is 1.91 bits per heavy atom. The molecule has 0 aliphatic carbocycles. The van der Waals surface area contributed by atoms with Crippen LogP contribution in [0.2, 0.25) is 0 Å². The molecule has 1 aromatic rings. The molecule has 3 N–H and O–H groups in total. The number of nitrogens with one attached hydrogen (secondary N) is 1. The summed E-state index contributed by atoms with van der Waals surface area (Å²) in [4.78, 5) is 8.15. The van der Waals surface area contributed by atoms with E-state index in [0.717, 1.165) is 5.69 Å². The monoisotopic (exact) mass is 154 g/mol. The van der Waals surface area contributed by atoms with Crippen LogP contribution in [0.15, 0.2) is 24.3 Å². The summed E-state index contributed by atoms with van der Waals surface area (Å²) in [6.07, 6.45) is 0. The van der Waals surface area contributed by atoms with E-state index in [-0.39, 0.29) is 0 Å². The Kier molecular flexibility index (Phi) is 2.85. The van der Waals surface area contributed by atoms with Crippen LogP contribution in [0.4, 0.5) is 5.69 Å². The molecule has 0 aliphatic rings. The molecule has 4 heteroatoms. The van der Waals surface area contributed by atoms with Crippen LogP contribution in [0.5, 0.6) is 0 Å². The minimum Gasteiger partial charge on any atom is -0.234 e. The van der Waals surface area contributed by atoms with Crippen LogP contribution in [-0.4, -0.2) is 0 Å². The van der Waals surface area contributed by atoms with Crippen molar-refractivity contribution < 1.29 is 9.98 Å². The fourth-order valence-electron chi connectivity index (χ4n) is 0.694. The van der Waals surface area contributed by atoms with Crippen molar-refractivity contribution in [1.82, 2.24) is 0 Å². The van der Waals surface area contributed by atoms with Crippen LogP contribution in [0.3, 0.4) is 0 Å². The van der Waals surface area contributed by atoms with Gasteiger partial charge < -0.3 is 0 Å². The van der Waals surface area contributed by atoms with Crippen molar-refractivity contribution in [3.05, 3.63) is 29.8 Å². The summed E-state index contributed by atoms with van der Waals surface area (Å²) < 4.78 is 0. The first-order valence-corrected chi connectivity index (χ1v) is 3.18. The summed E-state index contributed by atoms with van der Waals surface area (Å²) >= 11 is 0. The van der Waals surface area contributed by atoms with E-state index in [1.165, 1.54) is 5.56 Å². The van der Waals surface area contributed by atoms with E-state index in [1.807, 2.05) is 31.2 Å². The van der Waals surface area contributed by atoms with Gasteiger partial charge in [-0.25, -0.2) is 5.48 Å². The van der Waals surface area contributed by atoms with Crippen LogP contribution in [0.1, 0.15) is 5.56 Å². The normalized spacial score (nSPS) is 9.64. The van der Waals surface area contributed by atoms with E-state index in [0.29, 0.717) is 0 Å². The van der Waals surface area contributed by atoms with Gasteiger partial charge in [-0.1, -0.05) is 22.7 Å². The molecule has 0 unspecified atom stereocenters. The third kappa shape index (κ3) is 2.55. The van der Waals surface area contributed by atoms with Crippen LogP contribution >= 0.6 is 0 Å². The second kappa shape index (κ2) is 3.92. The Hall–Kier alpha value is -1.10. The minimum absolute atomic E-state index is 0.793. The van der Waals surface area contributed by atoms with Gasteiger partial charge in [0.05, 0.1) is 5.69 Å². The quantitative estimate of drug-likeness (QED) is 0.506. The van der Waals surface area contributed by atoms with Crippen LogP contribution in [0.25, 0.3) is 0 Å². The second-order valence-corrected chi connectivity index (χ2v) is 2.15. The maximum absolute atomic E-state index is 4.62. The summed E-state index contributed by atoms with van der Waals surface area (Å²) in [7, 11) is 0. The van der Waals surface area contributed by atoms with Crippen molar-refractivity contribution in [2.45, 2.75) is 6.92 Å². The highest BCUT2D eigenvalue weighted by molar-refractivity contribution is 5.42. The molecule has 4 nitrogen and oxygen atoms in total. The SMILES string of the molecule is Cc1ccc(NOON)cc1. The molecule has 0 aliphatic heterocycles. The number of hydrogen-bond acceptors (Lipinski definition) is 4. The van der Waals surface area contributed by atoms with Crippen molar-refractivity contribution >= 4 is 5.69 Å². The fraction of sp³-hybridized carbons (Fsp3) is 0.143. The molecule has 0 aromatic heterocycles. The lowest BCUT2D eigenvalue weighted by Gasteiger charge is -2.01. The van der Waals surface area contributed by atoms with Crippen molar-refractivity contribution in [1.29, 1.82) is 0 Å². The second-order valence-electron chi connectivity index (χ2n) is 2.15. The molecule has 0 saturated carbocycles. The predicted octanol–water partition coefficient (Wildman–Crippen LogP) is 1.14. The van der Waals surface area contributed by atoms with Crippen molar-refractivity contribution in [2.24, 2.45) is 5.90 Å². The van der Waals surface area contributed by atoms with E-state index >= 15 is 0 Å². The number of nitrogens with two attached hydrogens (primary N) is 1. The summed E-state index contributed by atoms with van der Waals surface area (Å²) in [5.41, 5.74) is 4.45. The Labute approximate surface area is 64.8 Å². The summed E-state index contributed by atoms with van der Waals surface area (Å²) in [5, 5.41) is 0. The summed E-state index contributed by atoms with van der Waals surface area (Å²) in [6, 6.07) is 7.60. The largest absolute Gasteiger partial charge is 0.234 e. The molecule has 0 atom stereocenters. The molecule has 0 spiro atoms. The summed E-state index contributed by atoms with van der Waals surface area (Å²) in [5.74, 6) is 4.62. The first-order valence-electron chi connectivity index (χ1n) is 3.18. The highest BCUT2D eigenvalue weighted by Crippen LogP contribution is 2.07. The molecular formula is C7H10N2O2. The maximum atomic E-state index is 4.62. The number of rotatable bonds is 3. The lowest BCUT2D eigenvalue weighted by molar-refractivity contribution is -0.277. The fourth-order valence-corrected chi connectivity index (χ4v) is 0.694. The van der Waals surface area contributed by atoms with Gasteiger partial charge in [-0.3, -0.25) is 0 Å². The van der Waals surface area contributed by atoms with Crippen molar-refractivity contribution in [3.63, 3.8) is 0 Å². The molecule has 0 radical (unpaired) electrons. The Bertz CT molecular complexity index is 210. The van der Waals surface area contributed by atoms with Crippen molar-refractivity contribution in [2.75, 3.05) is 5.48 Å². The molecular weight excluding hydrogens is 144 g/mol. The first kappa shape index (κ1) is 8.00. The topological polar surface area (TPSA) is 56.5 Å².